The number of carbonyl (C=O) groups is 3. The van der Waals surface area contributed by atoms with Crippen molar-refractivity contribution in [3.63, 3.8) is 0 Å². The summed E-state index contributed by atoms with van der Waals surface area (Å²) in [6.45, 7) is 0.317. The zero-order valence-corrected chi connectivity index (χ0v) is 16.1. The van der Waals surface area contributed by atoms with Crippen LogP contribution in [0.15, 0.2) is 61.1 Å². The first-order valence-corrected chi connectivity index (χ1v) is 9.56. The van der Waals surface area contributed by atoms with Crippen molar-refractivity contribution in [3.8, 4) is 5.82 Å². The highest BCUT2D eigenvalue weighted by atomic mass is 16.2. The average molecular weight is 404 g/mol. The lowest BCUT2D eigenvalue weighted by Crippen LogP contribution is -2.40. The fourth-order valence-corrected chi connectivity index (χ4v) is 3.19. The van der Waals surface area contributed by atoms with Crippen molar-refractivity contribution < 1.29 is 14.4 Å². The smallest absolute Gasteiger partial charge is 0.319 e. The van der Waals surface area contributed by atoms with Crippen molar-refractivity contribution in [2.45, 2.75) is 25.8 Å². The Morgan fingerprint density at radius 3 is 2.50 bits per heavy atom. The van der Waals surface area contributed by atoms with Crippen LogP contribution < -0.4 is 15.5 Å². The minimum Gasteiger partial charge on any atom is -0.334 e. The lowest BCUT2D eigenvalue weighted by molar-refractivity contribution is -0.129. The SMILES string of the molecule is O=C(NCc1ccnc(-n2cccn2)c1)Nc1ccc(N2C(=O)CCCC2=O)cc1. The van der Waals surface area contributed by atoms with Crippen LogP contribution >= 0.6 is 0 Å². The number of carbonyl (C=O) groups excluding carboxylic acids is 3. The summed E-state index contributed by atoms with van der Waals surface area (Å²) in [6, 6.07) is 11.7. The van der Waals surface area contributed by atoms with Crippen LogP contribution in [-0.4, -0.2) is 32.6 Å². The fourth-order valence-electron chi connectivity index (χ4n) is 3.19. The van der Waals surface area contributed by atoms with Crippen LogP contribution in [-0.2, 0) is 16.1 Å². The molecule has 1 aliphatic heterocycles. The molecule has 0 aliphatic carbocycles. The molecular formula is C21H20N6O3. The first-order chi connectivity index (χ1) is 14.6. The number of hydrogen-bond acceptors (Lipinski definition) is 5. The Morgan fingerprint density at radius 1 is 1.03 bits per heavy atom. The number of pyridine rings is 1. The topological polar surface area (TPSA) is 109 Å². The summed E-state index contributed by atoms with van der Waals surface area (Å²) in [5.74, 6) is 0.269. The monoisotopic (exact) mass is 404 g/mol. The Hall–Kier alpha value is -4.01. The predicted octanol–water partition coefficient (Wildman–Crippen LogP) is 2.63. The maximum atomic E-state index is 12.2. The second-order valence-electron chi connectivity index (χ2n) is 6.80. The second-order valence-corrected chi connectivity index (χ2v) is 6.80. The third-order valence-electron chi connectivity index (χ3n) is 4.67. The molecule has 2 aromatic heterocycles. The van der Waals surface area contributed by atoms with E-state index in [0.29, 0.717) is 43.0 Å². The van der Waals surface area contributed by atoms with Gasteiger partial charge in [-0.1, -0.05) is 0 Å². The molecule has 0 spiro atoms. The highest BCUT2D eigenvalue weighted by Gasteiger charge is 2.27. The highest BCUT2D eigenvalue weighted by Crippen LogP contribution is 2.23. The quantitative estimate of drug-likeness (QED) is 0.636. The third-order valence-corrected chi connectivity index (χ3v) is 4.67. The highest BCUT2D eigenvalue weighted by molar-refractivity contribution is 6.16. The minimum absolute atomic E-state index is 0.198. The first-order valence-electron chi connectivity index (χ1n) is 9.56. The van der Waals surface area contributed by atoms with Crippen molar-refractivity contribution in [2.24, 2.45) is 0 Å². The average Bonchev–Trinajstić information content (AvgIpc) is 3.29. The van der Waals surface area contributed by atoms with Crippen LogP contribution in [0.25, 0.3) is 5.82 Å². The number of aromatic nitrogens is 3. The predicted molar refractivity (Wildman–Crippen MR) is 110 cm³/mol. The van der Waals surface area contributed by atoms with Gasteiger partial charge in [0.05, 0.1) is 5.69 Å². The van der Waals surface area contributed by atoms with Gasteiger partial charge in [0, 0.05) is 43.7 Å². The number of nitrogens with one attached hydrogen (secondary N) is 2. The molecule has 0 saturated carbocycles. The van der Waals surface area contributed by atoms with Crippen LogP contribution in [0.3, 0.4) is 0 Å². The molecule has 3 heterocycles. The van der Waals surface area contributed by atoms with Gasteiger partial charge in [-0.2, -0.15) is 5.10 Å². The van der Waals surface area contributed by atoms with Crippen LogP contribution in [0.5, 0.6) is 0 Å². The number of imide groups is 1. The summed E-state index contributed by atoms with van der Waals surface area (Å²) in [5.41, 5.74) is 1.95. The molecule has 0 unspecified atom stereocenters. The van der Waals surface area contributed by atoms with E-state index >= 15 is 0 Å². The van der Waals surface area contributed by atoms with Gasteiger partial charge in [-0.15, -0.1) is 0 Å². The number of nitrogens with zero attached hydrogens (tertiary/aromatic N) is 4. The lowest BCUT2D eigenvalue weighted by Gasteiger charge is -2.24. The fraction of sp³-hybridized carbons (Fsp3) is 0.190. The van der Waals surface area contributed by atoms with Gasteiger partial charge >= 0.3 is 6.03 Å². The van der Waals surface area contributed by atoms with E-state index in [0.717, 1.165) is 5.56 Å². The number of anilines is 2. The van der Waals surface area contributed by atoms with Gasteiger partial charge in [-0.3, -0.25) is 14.5 Å². The van der Waals surface area contributed by atoms with E-state index in [1.807, 2.05) is 18.2 Å². The Balaban J connectivity index is 1.34. The van der Waals surface area contributed by atoms with Crippen LogP contribution in [0.2, 0.25) is 0 Å². The number of amides is 4. The second kappa shape index (κ2) is 8.56. The van der Waals surface area contributed by atoms with Crippen molar-refractivity contribution in [1.29, 1.82) is 0 Å². The number of urea groups is 1. The Bertz CT molecular complexity index is 1050. The van der Waals surface area contributed by atoms with E-state index in [2.05, 4.69) is 20.7 Å². The number of rotatable bonds is 5. The number of piperidine rings is 1. The van der Waals surface area contributed by atoms with Gasteiger partial charge in [0.15, 0.2) is 5.82 Å². The van der Waals surface area contributed by atoms with Crippen molar-refractivity contribution in [1.82, 2.24) is 20.1 Å². The summed E-state index contributed by atoms with van der Waals surface area (Å²) in [5, 5.41) is 9.66. The summed E-state index contributed by atoms with van der Waals surface area (Å²) >= 11 is 0. The zero-order chi connectivity index (χ0) is 20.9. The van der Waals surface area contributed by atoms with Gasteiger partial charge < -0.3 is 10.6 Å². The summed E-state index contributed by atoms with van der Waals surface area (Å²) in [4.78, 5) is 41.7. The van der Waals surface area contributed by atoms with Crippen molar-refractivity contribution >= 4 is 29.2 Å². The van der Waals surface area contributed by atoms with Gasteiger partial charge in [0.1, 0.15) is 0 Å². The van der Waals surface area contributed by atoms with Crippen molar-refractivity contribution in [3.05, 3.63) is 66.6 Å². The molecule has 9 nitrogen and oxygen atoms in total. The molecule has 9 heteroatoms. The van der Waals surface area contributed by atoms with Gasteiger partial charge in [-0.05, 0) is 54.4 Å². The molecule has 30 heavy (non-hydrogen) atoms. The maximum absolute atomic E-state index is 12.2. The molecule has 0 bridgehead atoms. The molecule has 1 aromatic carbocycles. The largest absolute Gasteiger partial charge is 0.334 e. The summed E-state index contributed by atoms with van der Waals surface area (Å²) < 4.78 is 1.64. The van der Waals surface area contributed by atoms with E-state index < -0.39 is 0 Å². The summed E-state index contributed by atoms with van der Waals surface area (Å²) in [6.07, 6.45) is 6.45. The molecule has 0 radical (unpaired) electrons. The van der Waals surface area contributed by atoms with Gasteiger partial charge in [-0.25, -0.2) is 14.5 Å². The van der Waals surface area contributed by atoms with E-state index in [1.165, 1.54) is 4.90 Å². The number of benzene rings is 1. The molecule has 4 rings (SSSR count). The zero-order valence-electron chi connectivity index (χ0n) is 16.1. The van der Waals surface area contributed by atoms with Crippen LogP contribution in [0.1, 0.15) is 24.8 Å². The molecule has 4 amide bonds. The standard InChI is InChI=1S/C21H20N6O3/c28-19-3-1-4-20(29)27(19)17-7-5-16(6-8-17)25-21(30)23-14-15-9-11-22-18(13-15)26-12-2-10-24-26/h2,5-13H,1,3-4,14H2,(H2,23,25,30). The van der Waals surface area contributed by atoms with E-state index in [9.17, 15) is 14.4 Å². The molecule has 1 aliphatic rings. The summed E-state index contributed by atoms with van der Waals surface area (Å²) in [7, 11) is 0. The molecule has 3 aromatic rings. The van der Waals surface area contributed by atoms with Gasteiger partial charge in [0.25, 0.3) is 0 Å². The molecule has 1 saturated heterocycles. The molecule has 0 atom stereocenters. The van der Waals surface area contributed by atoms with Crippen LogP contribution in [0, 0.1) is 0 Å². The lowest BCUT2D eigenvalue weighted by atomic mass is 10.1. The van der Waals surface area contributed by atoms with Crippen LogP contribution in [0.4, 0.5) is 16.2 Å². The third kappa shape index (κ3) is 4.35. The number of hydrogen-bond donors (Lipinski definition) is 2. The van der Waals surface area contributed by atoms with E-state index in [-0.39, 0.29) is 17.8 Å². The molecular weight excluding hydrogens is 384 g/mol. The Morgan fingerprint density at radius 2 is 1.80 bits per heavy atom. The van der Waals surface area contributed by atoms with E-state index in [1.54, 1.807) is 47.5 Å². The molecule has 1 fully saturated rings. The molecule has 2 N–H and O–H groups in total. The maximum Gasteiger partial charge on any atom is 0.319 e. The molecule has 152 valence electrons. The van der Waals surface area contributed by atoms with Crippen molar-refractivity contribution in [2.75, 3.05) is 10.2 Å². The Kier molecular flexibility index (Phi) is 5.51. The van der Waals surface area contributed by atoms with E-state index in [4.69, 9.17) is 0 Å². The normalized spacial score (nSPS) is 13.9. The minimum atomic E-state index is -0.370. The first kappa shape index (κ1) is 19.3. The Labute approximate surface area is 172 Å². The van der Waals surface area contributed by atoms with Gasteiger partial charge in [0.2, 0.25) is 11.8 Å².